The van der Waals surface area contributed by atoms with E-state index in [0.717, 1.165) is 19.4 Å². The Morgan fingerprint density at radius 3 is 2.74 bits per heavy atom. The van der Waals surface area contributed by atoms with Crippen LogP contribution in [0.2, 0.25) is 0 Å². The third kappa shape index (κ3) is 2.67. The second-order valence-electron chi connectivity index (χ2n) is 5.41. The topological polar surface area (TPSA) is 60.2 Å². The summed E-state index contributed by atoms with van der Waals surface area (Å²) < 4.78 is 11.1. The smallest absolute Gasteiger partial charge is 0.244 e. The Hall–Kier alpha value is -0.940. The lowest BCUT2D eigenvalue weighted by Gasteiger charge is -2.27. The van der Waals surface area contributed by atoms with Gasteiger partial charge in [0.2, 0.25) is 11.7 Å². The molecule has 19 heavy (non-hydrogen) atoms. The Bertz CT molecular complexity index is 393. The van der Waals surface area contributed by atoms with E-state index in [2.05, 4.69) is 36.2 Å². The number of methoxy groups -OCH3 is 1. The van der Waals surface area contributed by atoms with Crippen molar-refractivity contribution in [3.63, 3.8) is 0 Å². The molecule has 5 heteroatoms. The Kier molecular flexibility index (Phi) is 4.58. The molecule has 1 aromatic heterocycles. The molecule has 2 rings (SSSR count). The van der Waals surface area contributed by atoms with E-state index in [9.17, 15) is 0 Å². The molecule has 0 aliphatic carbocycles. The maximum Gasteiger partial charge on any atom is 0.244 e. The minimum Gasteiger partial charge on any atom is -0.370 e. The van der Waals surface area contributed by atoms with Crippen LogP contribution in [-0.2, 0) is 10.3 Å². The molecule has 1 N–H and O–H groups in total. The highest BCUT2D eigenvalue weighted by atomic mass is 16.5. The number of rotatable bonds is 5. The highest BCUT2D eigenvalue weighted by molar-refractivity contribution is 5.04. The van der Waals surface area contributed by atoms with E-state index < -0.39 is 5.60 Å². The molecule has 2 unspecified atom stereocenters. The SMILES string of the molecule is CCC(CC)(OC)c1noc(C2NCCCC2C)n1. The predicted molar refractivity (Wildman–Crippen MR) is 72.7 cm³/mol. The molecule has 1 saturated heterocycles. The Balaban J connectivity index is 2.22. The largest absolute Gasteiger partial charge is 0.370 e. The molecule has 0 radical (unpaired) electrons. The summed E-state index contributed by atoms with van der Waals surface area (Å²) in [6.45, 7) is 7.42. The van der Waals surface area contributed by atoms with E-state index >= 15 is 0 Å². The fraction of sp³-hybridized carbons (Fsp3) is 0.857. The number of nitrogens with zero attached hydrogens (tertiary/aromatic N) is 2. The molecule has 108 valence electrons. The Morgan fingerprint density at radius 1 is 1.42 bits per heavy atom. The Morgan fingerprint density at radius 2 is 2.16 bits per heavy atom. The van der Waals surface area contributed by atoms with Crippen molar-refractivity contribution in [2.75, 3.05) is 13.7 Å². The standard InChI is InChI=1S/C14H25N3O2/c1-5-14(6-2,18-4)13-16-12(19-17-13)11-10(3)8-7-9-15-11/h10-11,15H,5-9H2,1-4H3. The Labute approximate surface area is 115 Å². The minimum absolute atomic E-state index is 0.179. The van der Waals surface area contributed by atoms with Crippen LogP contribution >= 0.6 is 0 Å². The van der Waals surface area contributed by atoms with Gasteiger partial charge in [0, 0.05) is 7.11 Å². The van der Waals surface area contributed by atoms with Crippen LogP contribution < -0.4 is 5.32 Å². The zero-order valence-corrected chi connectivity index (χ0v) is 12.4. The number of piperidine rings is 1. The van der Waals surface area contributed by atoms with E-state index in [-0.39, 0.29) is 6.04 Å². The van der Waals surface area contributed by atoms with Gasteiger partial charge in [0.1, 0.15) is 5.60 Å². The van der Waals surface area contributed by atoms with Crippen LogP contribution in [0.3, 0.4) is 0 Å². The van der Waals surface area contributed by atoms with Crippen molar-refractivity contribution >= 4 is 0 Å². The normalized spacial score (nSPS) is 24.6. The monoisotopic (exact) mass is 267 g/mol. The van der Waals surface area contributed by atoms with Gasteiger partial charge in [0.15, 0.2) is 0 Å². The lowest BCUT2D eigenvalue weighted by Crippen LogP contribution is -2.33. The van der Waals surface area contributed by atoms with Crippen LogP contribution in [0.1, 0.15) is 64.2 Å². The molecular weight excluding hydrogens is 242 g/mol. The van der Waals surface area contributed by atoms with Crippen molar-refractivity contribution in [2.24, 2.45) is 5.92 Å². The molecule has 1 aromatic rings. The summed E-state index contributed by atoms with van der Waals surface area (Å²) in [6.07, 6.45) is 4.09. The van der Waals surface area contributed by atoms with Crippen molar-refractivity contribution < 1.29 is 9.26 Å². The van der Waals surface area contributed by atoms with Gasteiger partial charge in [-0.15, -0.1) is 0 Å². The van der Waals surface area contributed by atoms with Gasteiger partial charge < -0.3 is 14.6 Å². The first-order valence-electron chi connectivity index (χ1n) is 7.29. The van der Waals surface area contributed by atoms with Crippen LogP contribution in [0, 0.1) is 5.92 Å². The number of ether oxygens (including phenoxy) is 1. The average Bonchev–Trinajstić information content (AvgIpc) is 2.92. The molecule has 2 atom stereocenters. The highest BCUT2D eigenvalue weighted by Gasteiger charge is 2.36. The number of hydrogen-bond donors (Lipinski definition) is 1. The fourth-order valence-electron chi connectivity index (χ4n) is 2.87. The van der Waals surface area contributed by atoms with Crippen LogP contribution in [-0.4, -0.2) is 23.8 Å². The lowest BCUT2D eigenvalue weighted by atomic mass is 9.92. The van der Waals surface area contributed by atoms with Crippen molar-refractivity contribution in [3.05, 3.63) is 11.7 Å². The van der Waals surface area contributed by atoms with Gasteiger partial charge in [-0.25, -0.2) is 0 Å². The lowest BCUT2D eigenvalue weighted by molar-refractivity contribution is -0.0306. The molecule has 5 nitrogen and oxygen atoms in total. The molecule has 1 aliphatic heterocycles. The molecule has 0 amide bonds. The zero-order chi connectivity index (χ0) is 13.9. The number of hydrogen-bond acceptors (Lipinski definition) is 5. The molecule has 0 bridgehead atoms. The maximum absolute atomic E-state index is 5.64. The van der Waals surface area contributed by atoms with Gasteiger partial charge in [-0.2, -0.15) is 4.98 Å². The van der Waals surface area contributed by atoms with E-state index in [0.29, 0.717) is 17.6 Å². The van der Waals surface area contributed by atoms with Gasteiger partial charge in [-0.1, -0.05) is 25.9 Å². The second-order valence-corrected chi connectivity index (χ2v) is 5.41. The summed E-state index contributed by atoms with van der Waals surface area (Å²) >= 11 is 0. The van der Waals surface area contributed by atoms with E-state index in [1.54, 1.807) is 7.11 Å². The fourth-order valence-corrected chi connectivity index (χ4v) is 2.87. The molecule has 2 heterocycles. The van der Waals surface area contributed by atoms with Crippen molar-refractivity contribution in [1.82, 2.24) is 15.5 Å². The molecular formula is C14H25N3O2. The van der Waals surface area contributed by atoms with Gasteiger partial charge in [-0.05, 0) is 38.1 Å². The summed E-state index contributed by atoms with van der Waals surface area (Å²) in [7, 11) is 1.71. The summed E-state index contributed by atoms with van der Waals surface area (Å²) in [4.78, 5) is 4.60. The van der Waals surface area contributed by atoms with Crippen molar-refractivity contribution in [2.45, 2.75) is 58.1 Å². The van der Waals surface area contributed by atoms with Crippen LogP contribution in [0.25, 0.3) is 0 Å². The van der Waals surface area contributed by atoms with E-state index in [1.165, 1.54) is 12.8 Å². The molecule has 1 aliphatic rings. The maximum atomic E-state index is 5.64. The van der Waals surface area contributed by atoms with E-state index in [1.807, 2.05) is 0 Å². The highest BCUT2D eigenvalue weighted by Crippen LogP contribution is 2.33. The third-order valence-corrected chi connectivity index (χ3v) is 4.42. The average molecular weight is 267 g/mol. The molecule has 0 aromatic carbocycles. The van der Waals surface area contributed by atoms with Gasteiger partial charge in [-0.3, -0.25) is 0 Å². The summed E-state index contributed by atoms with van der Waals surface area (Å²) in [5.74, 6) is 1.90. The van der Waals surface area contributed by atoms with Crippen molar-refractivity contribution in [3.8, 4) is 0 Å². The number of aromatic nitrogens is 2. The molecule has 0 saturated carbocycles. The van der Waals surface area contributed by atoms with Crippen molar-refractivity contribution in [1.29, 1.82) is 0 Å². The summed E-state index contributed by atoms with van der Waals surface area (Å²) in [6, 6.07) is 0.179. The third-order valence-electron chi connectivity index (χ3n) is 4.42. The second kappa shape index (κ2) is 6.01. The first kappa shape index (κ1) is 14.5. The van der Waals surface area contributed by atoms with Crippen LogP contribution in [0.4, 0.5) is 0 Å². The van der Waals surface area contributed by atoms with Crippen LogP contribution in [0.5, 0.6) is 0 Å². The summed E-state index contributed by atoms with van der Waals surface area (Å²) in [5, 5.41) is 7.63. The first-order valence-corrected chi connectivity index (χ1v) is 7.29. The minimum atomic E-state index is -0.417. The molecule has 1 fully saturated rings. The zero-order valence-electron chi connectivity index (χ0n) is 12.4. The first-order chi connectivity index (χ1) is 9.16. The van der Waals surface area contributed by atoms with E-state index in [4.69, 9.17) is 9.26 Å². The van der Waals surface area contributed by atoms with Gasteiger partial charge >= 0.3 is 0 Å². The molecule has 0 spiro atoms. The van der Waals surface area contributed by atoms with Crippen LogP contribution in [0.15, 0.2) is 4.52 Å². The summed E-state index contributed by atoms with van der Waals surface area (Å²) in [5.41, 5.74) is -0.417. The number of nitrogens with one attached hydrogen (secondary N) is 1. The van der Waals surface area contributed by atoms with Gasteiger partial charge in [0.25, 0.3) is 0 Å². The quantitative estimate of drug-likeness (QED) is 0.889. The predicted octanol–water partition coefficient (Wildman–Crippen LogP) is 2.79. The van der Waals surface area contributed by atoms with Gasteiger partial charge in [0.05, 0.1) is 6.04 Å².